The molecule has 0 amide bonds. The van der Waals surface area contributed by atoms with Gasteiger partial charge in [0, 0.05) is 31.2 Å². The Bertz CT molecular complexity index is 456. The first-order chi connectivity index (χ1) is 9.90. The number of hydrogen-bond donors (Lipinski definition) is 1. The van der Waals surface area contributed by atoms with Gasteiger partial charge in [-0.15, -0.1) is 0 Å². The summed E-state index contributed by atoms with van der Waals surface area (Å²) in [5, 5.41) is 3.26. The van der Waals surface area contributed by atoms with E-state index in [-0.39, 0.29) is 5.41 Å². The van der Waals surface area contributed by atoms with Gasteiger partial charge in [-0.1, -0.05) is 33.6 Å². The lowest BCUT2D eigenvalue weighted by Gasteiger charge is -2.26. The highest BCUT2D eigenvalue weighted by Crippen LogP contribution is 2.28. The minimum Gasteiger partial charge on any atom is -0.359 e. The normalized spacial score (nSPS) is 16.4. The van der Waals surface area contributed by atoms with Crippen LogP contribution in [0, 0.1) is 5.92 Å². The Morgan fingerprint density at radius 2 is 1.90 bits per heavy atom. The van der Waals surface area contributed by atoms with Gasteiger partial charge in [-0.2, -0.15) is 0 Å². The van der Waals surface area contributed by atoms with Crippen LogP contribution in [-0.4, -0.2) is 25.6 Å². The molecule has 1 aliphatic carbocycles. The van der Waals surface area contributed by atoms with Crippen molar-refractivity contribution in [1.29, 1.82) is 0 Å². The van der Waals surface area contributed by atoms with Crippen LogP contribution in [0.2, 0.25) is 0 Å². The molecule has 1 aromatic rings. The Labute approximate surface area is 130 Å². The van der Waals surface area contributed by atoms with Gasteiger partial charge < -0.3 is 10.2 Å². The molecule has 0 aliphatic heterocycles. The molecule has 1 saturated carbocycles. The van der Waals surface area contributed by atoms with E-state index in [0.29, 0.717) is 0 Å². The van der Waals surface area contributed by atoms with Crippen molar-refractivity contribution in [1.82, 2.24) is 10.3 Å². The van der Waals surface area contributed by atoms with Crippen molar-refractivity contribution in [2.45, 2.75) is 58.4 Å². The number of aromatic nitrogens is 1. The molecule has 21 heavy (non-hydrogen) atoms. The van der Waals surface area contributed by atoms with E-state index < -0.39 is 0 Å². The molecular weight excluding hydrogens is 258 g/mol. The molecule has 0 radical (unpaired) electrons. The summed E-state index contributed by atoms with van der Waals surface area (Å²) in [7, 11) is 4.19. The van der Waals surface area contributed by atoms with Crippen LogP contribution < -0.4 is 10.2 Å². The molecule has 3 nitrogen and oxygen atoms in total. The zero-order chi connectivity index (χ0) is 15.5. The molecule has 0 atom stereocenters. The summed E-state index contributed by atoms with van der Waals surface area (Å²) in [5.74, 6) is 1.97. The molecule has 1 N–H and O–H groups in total. The first kappa shape index (κ1) is 16.3. The highest BCUT2D eigenvalue weighted by molar-refractivity contribution is 5.43. The summed E-state index contributed by atoms with van der Waals surface area (Å²) in [6.07, 6.45) is 5.57. The molecule has 0 saturated heterocycles. The number of hydrogen-bond acceptors (Lipinski definition) is 3. The first-order valence-electron chi connectivity index (χ1n) is 8.27. The second-order valence-electron chi connectivity index (χ2n) is 7.53. The van der Waals surface area contributed by atoms with Gasteiger partial charge in [0.15, 0.2) is 0 Å². The lowest BCUT2D eigenvalue weighted by Crippen LogP contribution is -2.26. The Balaban J connectivity index is 2.21. The van der Waals surface area contributed by atoms with E-state index in [4.69, 9.17) is 4.98 Å². The van der Waals surface area contributed by atoms with E-state index in [0.717, 1.165) is 24.8 Å². The van der Waals surface area contributed by atoms with Crippen LogP contribution >= 0.6 is 0 Å². The average molecular weight is 289 g/mol. The number of anilines is 1. The molecule has 1 heterocycles. The number of rotatable bonds is 5. The van der Waals surface area contributed by atoms with E-state index in [2.05, 4.69) is 50.2 Å². The third kappa shape index (κ3) is 4.44. The van der Waals surface area contributed by atoms with Gasteiger partial charge in [0.2, 0.25) is 0 Å². The highest BCUT2D eigenvalue weighted by Gasteiger charge is 2.21. The summed E-state index contributed by atoms with van der Waals surface area (Å²) in [5.41, 5.74) is 2.60. The van der Waals surface area contributed by atoms with Crippen LogP contribution in [0.5, 0.6) is 0 Å². The van der Waals surface area contributed by atoms with Gasteiger partial charge in [-0.25, -0.2) is 4.98 Å². The van der Waals surface area contributed by atoms with Gasteiger partial charge in [0.25, 0.3) is 0 Å². The molecular formula is C18H31N3. The maximum Gasteiger partial charge on any atom is 0.128 e. The third-order valence-corrected chi connectivity index (χ3v) is 4.42. The van der Waals surface area contributed by atoms with Crippen LogP contribution in [0.4, 0.5) is 5.82 Å². The zero-order valence-corrected chi connectivity index (χ0v) is 14.4. The quantitative estimate of drug-likeness (QED) is 0.895. The van der Waals surface area contributed by atoms with Gasteiger partial charge >= 0.3 is 0 Å². The molecule has 0 bridgehead atoms. The number of pyridine rings is 1. The van der Waals surface area contributed by atoms with Crippen LogP contribution in [0.3, 0.4) is 0 Å². The molecule has 1 fully saturated rings. The molecule has 0 aromatic carbocycles. The Kier molecular flexibility index (Phi) is 5.26. The van der Waals surface area contributed by atoms with Crippen LogP contribution in [0.25, 0.3) is 0 Å². The fourth-order valence-corrected chi connectivity index (χ4v) is 3.13. The third-order valence-electron chi connectivity index (χ3n) is 4.42. The van der Waals surface area contributed by atoms with Crippen molar-refractivity contribution in [3.05, 3.63) is 23.4 Å². The van der Waals surface area contributed by atoms with Crippen molar-refractivity contribution in [3.63, 3.8) is 0 Å². The first-order valence-corrected chi connectivity index (χ1v) is 8.27. The molecule has 0 unspecified atom stereocenters. The fourth-order valence-electron chi connectivity index (χ4n) is 3.13. The lowest BCUT2D eigenvalue weighted by molar-refractivity contribution is 0.539. The Hall–Kier alpha value is -1.09. The molecule has 1 aliphatic rings. The van der Waals surface area contributed by atoms with Crippen LogP contribution in [0.15, 0.2) is 12.1 Å². The molecule has 3 heteroatoms. The fraction of sp³-hybridized carbons (Fsp3) is 0.722. The van der Waals surface area contributed by atoms with E-state index >= 15 is 0 Å². The predicted molar refractivity (Wildman–Crippen MR) is 90.9 cm³/mol. The van der Waals surface area contributed by atoms with Crippen molar-refractivity contribution in [2.75, 3.05) is 25.5 Å². The SMILES string of the molecule is CNCc1cc(N(C)CC2CCCC2)nc(C(C)(C)C)c1. The largest absolute Gasteiger partial charge is 0.359 e. The van der Waals surface area contributed by atoms with E-state index in [1.54, 1.807) is 0 Å². The second kappa shape index (κ2) is 6.78. The van der Waals surface area contributed by atoms with Gasteiger partial charge in [-0.05, 0) is 43.5 Å². The summed E-state index contributed by atoms with van der Waals surface area (Å²) < 4.78 is 0. The minimum absolute atomic E-state index is 0.0900. The van der Waals surface area contributed by atoms with Crippen molar-refractivity contribution in [2.24, 2.45) is 5.92 Å². The van der Waals surface area contributed by atoms with Gasteiger partial charge in [0.05, 0.1) is 0 Å². The van der Waals surface area contributed by atoms with E-state index in [1.165, 1.54) is 36.9 Å². The predicted octanol–water partition coefficient (Wildman–Crippen LogP) is 3.72. The van der Waals surface area contributed by atoms with Crippen LogP contribution in [-0.2, 0) is 12.0 Å². The monoisotopic (exact) mass is 289 g/mol. The smallest absolute Gasteiger partial charge is 0.128 e. The van der Waals surface area contributed by atoms with Crippen molar-refractivity contribution < 1.29 is 0 Å². The summed E-state index contributed by atoms with van der Waals surface area (Å²) in [6.45, 7) is 8.74. The average Bonchev–Trinajstić information content (AvgIpc) is 2.90. The highest BCUT2D eigenvalue weighted by atomic mass is 15.2. The lowest BCUT2D eigenvalue weighted by atomic mass is 9.90. The minimum atomic E-state index is 0.0900. The molecule has 0 spiro atoms. The molecule has 1 aromatic heterocycles. The Morgan fingerprint density at radius 3 is 2.48 bits per heavy atom. The zero-order valence-electron chi connectivity index (χ0n) is 14.4. The van der Waals surface area contributed by atoms with Crippen molar-refractivity contribution in [3.8, 4) is 0 Å². The number of nitrogens with one attached hydrogen (secondary N) is 1. The van der Waals surface area contributed by atoms with Crippen molar-refractivity contribution >= 4 is 5.82 Å². The topological polar surface area (TPSA) is 28.2 Å². The Morgan fingerprint density at radius 1 is 1.24 bits per heavy atom. The second-order valence-corrected chi connectivity index (χ2v) is 7.53. The maximum atomic E-state index is 4.93. The summed E-state index contributed by atoms with van der Waals surface area (Å²) in [6, 6.07) is 4.48. The van der Waals surface area contributed by atoms with E-state index in [1.807, 2.05) is 7.05 Å². The van der Waals surface area contributed by atoms with Gasteiger partial charge in [-0.3, -0.25) is 0 Å². The molecule has 118 valence electrons. The standard InChI is InChI=1S/C18H31N3/c1-18(2,3)16-10-15(12-19-4)11-17(20-16)21(5)13-14-8-6-7-9-14/h10-11,14,19H,6-9,12-13H2,1-5H3. The van der Waals surface area contributed by atoms with Gasteiger partial charge in [0.1, 0.15) is 5.82 Å². The molecule has 2 rings (SSSR count). The number of nitrogens with zero attached hydrogens (tertiary/aromatic N) is 2. The van der Waals surface area contributed by atoms with E-state index in [9.17, 15) is 0 Å². The summed E-state index contributed by atoms with van der Waals surface area (Å²) in [4.78, 5) is 7.28. The maximum absolute atomic E-state index is 4.93. The van der Waals surface area contributed by atoms with Crippen LogP contribution in [0.1, 0.15) is 57.7 Å². The summed E-state index contributed by atoms with van der Waals surface area (Å²) >= 11 is 0.